The molecule has 4 rings (SSSR count). The van der Waals surface area contributed by atoms with E-state index in [4.69, 9.17) is 9.47 Å². The van der Waals surface area contributed by atoms with Crippen molar-refractivity contribution in [3.05, 3.63) is 98.1 Å². The van der Waals surface area contributed by atoms with Crippen molar-refractivity contribution in [3.63, 3.8) is 0 Å². The largest absolute Gasteiger partial charge is 0.493 e. The number of hydrogen-bond acceptors (Lipinski definition) is 7. The number of aromatic amines is 1. The number of benzene rings is 3. The number of nitro groups is 1. The Balaban J connectivity index is 1.53. The molecule has 0 fully saturated rings. The third-order valence-electron chi connectivity index (χ3n) is 4.96. The van der Waals surface area contributed by atoms with Gasteiger partial charge in [-0.2, -0.15) is 4.98 Å². The maximum absolute atomic E-state index is 11.8. The van der Waals surface area contributed by atoms with Crippen molar-refractivity contribution in [3.8, 4) is 17.4 Å². The molecular formula is C24H19N3O6. The Bertz CT molecular complexity index is 1420. The molecule has 3 aromatic carbocycles. The van der Waals surface area contributed by atoms with Gasteiger partial charge in [0.05, 0.1) is 12.0 Å². The van der Waals surface area contributed by atoms with E-state index in [0.29, 0.717) is 23.7 Å². The van der Waals surface area contributed by atoms with E-state index in [-0.39, 0.29) is 5.82 Å². The molecule has 0 unspecified atom stereocenters. The first-order chi connectivity index (χ1) is 16.0. The molecule has 166 valence electrons. The summed E-state index contributed by atoms with van der Waals surface area (Å²) in [5.74, 6) is 0.0870. The lowest BCUT2D eigenvalue weighted by atomic mass is 10.1. The van der Waals surface area contributed by atoms with Gasteiger partial charge >= 0.3 is 11.2 Å². The molecule has 0 saturated heterocycles. The van der Waals surface area contributed by atoms with Gasteiger partial charge < -0.3 is 19.6 Å². The van der Waals surface area contributed by atoms with Crippen molar-refractivity contribution in [2.24, 2.45) is 0 Å². The second-order valence-electron chi connectivity index (χ2n) is 7.05. The van der Waals surface area contributed by atoms with Gasteiger partial charge in [-0.05, 0) is 40.1 Å². The summed E-state index contributed by atoms with van der Waals surface area (Å²) in [6.45, 7) is 0.361. The Hall–Kier alpha value is -4.66. The van der Waals surface area contributed by atoms with Gasteiger partial charge in [0.2, 0.25) is 0 Å². The maximum Gasteiger partial charge on any atom is 0.395 e. The van der Waals surface area contributed by atoms with Crippen LogP contribution in [0.2, 0.25) is 0 Å². The van der Waals surface area contributed by atoms with Crippen LogP contribution in [0, 0.1) is 10.1 Å². The van der Waals surface area contributed by atoms with Gasteiger partial charge in [-0.25, -0.2) is 0 Å². The first-order valence-electron chi connectivity index (χ1n) is 9.89. The molecule has 0 aliphatic heterocycles. The first-order valence-corrected chi connectivity index (χ1v) is 9.89. The molecular weight excluding hydrogens is 426 g/mol. The van der Waals surface area contributed by atoms with Gasteiger partial charge in [-0.15, -0.1) is 0 Å². The Morgan fingerprint density at radius 1 is 1.09 bits per heavy atom. The van der Waals surface area contributed by atoms with E-state index in [1.165, 1.54) is 13.2 Å². The summed E-state index contributed by atoms with van der Waals surface area (Å²) in [6, 6.07) is 19.4. The number of nitrogens with one attached hydrogen (secondary N) is 1. The van der Waals surface area contributed by atoms with Crippen LogP contribution in [0.3, 0.4) is 0 Å². The van der Waals surface area contributed by atoms with Crippen LogP contribution >= 0.6 is 0 Å². The monoisotopic (exact) mass is 445 g/mol. The number of ether oxygens (including phenoxy) is 2. The topological polar surface area (TPSA) is 128 Å². The lowest BCUT2D eigenvalue weighted by molar-refractivity contribution is -0.387. The van der Waals surface area contributed by atoms with Crippen LogP contribution in [0.5, 0.6) is 17.4 Å². The number of hydrogen-bond donors (Lipinski definition) is 2. The molecule has 0 aliphatic carbocycles. The molecule has 2 N–H and O–H groups in total. The summed E-state index contributed by atoms with van der Waals surface area (Å²) in [5.41, 5.74) is -0.291. The molecule has 33 heavy (non-hydrogen) atoms. The van der Waals surface area contributed by atoms with Crippen LogP contribution in [0.1, 0.15) is 17.0 Å². The zero-order valence-electron chi connectivity index (χ0n) is 17.5. The SMILES string of the molecule is COc1cc(C=Cc2nc(O)c([N+](=O)[O-])c(=O)[nH]2)ccc1OCc1cccc2ccccc12. The predicted octanol–water partition coefficient (Wildman–Crippen LogP) is 4.29. The molecule has 9 nitrogen and oxygen atoms in total. The highest BCUT2D eigenvalue weighted by Gasteiger charge is 2.21. The molecule has 0 radical (unpaired) electrons. The lowest BCUT2D eigenvalue weighted by Crippen LogP contribution is -2.14. The van der Waals surface area contributed by atoms with Gasteiger partial charge in [-0.3, -0.25) is 14.9 Å². The molecule has 1 aromatic heterocycles. The maximum atomic E-state index is 11.8. The zero-order chi connectivity index (χ0) is 23.4. The number of H-pyrrole nitrogens is 1. The summed E-state index contributed by atoms with van der Waals surface area (Å²) in [5, 5.41) is 22.7. The fourth-order valence-electron chi connectivity index (χ4n) is 3.37. The molecule has 0 spiro atoms. The van der Waals surface area contributed by atoms with Crippen molar-refractivity contribution in [1.82, 2.24) is 9.97 Å². The number of rotatable bonds is 7. The van der Waals surface area contributed by atoms with Gasteiger partial charge in [0.25, 0.3) is 5.88 Å². The van der Waals surface area contributed by atoms with E-state index < -0.39 is 22.0 Å². The van der Waals surface area contributed by atoms with Crippen LogP contribution < -0.4 is 15.0 Å². The van der Waals surface area contributed by atoms with E-state index in [2.05, 4.69) is 9.97 Å². The summed E-state index contributed by atoms with van der Waals surface area (Å²) >= 11 is 0. The zero-order valence-corrected chi connectivity index (χ0v) is 17.5. The fraction of sp³-hybridized carbons (Fsp3) is 0.0833. The third-order valence-corrected chi connectivity index (χ3v) is 4.96. The van der Waals surface area contributed by atoms with Gasteiger partial charge in [-0.1, -0.05) is 54.6 Å². The van der Waals surface area contributed by atoms with Gasteiger partial charge in [0, 0.05) is 0 Å². The van der Waals surface area contributed by atoms with Crippen molar-refractivity contribution < 1.29 is 19.5 Å². The number of aromatic hydroxyl groups is 1. The highest BCUT2D eigenvalue weighted by atomic mass is 16.6. The first kappa shape index (κ1) is 21.6. The minimum absolute atomic E-state index is 0.0293. The average molecular weight is 445 g/mol. The van der Waals surface area contributed by atoms with E-state index >= 15 is 0 Å². The summed E-state index contributed by atoms with van der Waals surface area (Å²) in [4.78, 5) is 27.4. The van der Waals surface area contributed by atoms with Crippen molar-refractivity contribution >= 4 is 28.6 Å². The number of fused-ring (bicyclic) bond motifs is 1. The highest BCUT2D eigenvalue weighted by Crippen LogP contribution is 2.30. The quantitative estimate of drug-likeness (QED) is 0.321. The second kappa shape index (κ2) is 9.23. The minimum Gasteiger partial charge on any atom is -0.493 e. The number of methoxy groups -OCH3 is 1. The molecule has 0 saturated carbocycles. The minimum atomic E-state index is -1.04. The second-order valence-corrected chi connectivity index (χ2v) is 7.05. The lowest BCUT2D eigenvalue weighted by Gasteiger charge is -2.13. The fourth-order valence-corrected chi connectivity index (χ4v) is 3.37. The molecule has 0 atom stereocenters. The van der Waals surface area contributed by atoms with Crippen molar-refractivity contribution in [2.45, 2.75) is 6.61 Å². The highest BCUT2D eigenvalue weighted by molar-refractivity contribution is 5.85. The van der Waals surface area contributed by atoms with E-state index in [1.807, 2.05) is 42.5 Å². The van der Waals surface area contributed by atoms with Crippen LogP contribution in [0.25, 0.3) is 22.9 Å². The average Bonchev–Trinajstić information content (AvgIpc) is 2.81. The Kier molecular flexibility index (Phi) is 6.03. The van der Waals surface area contributed by atoms with Crippen LogP contribution in [-0.2, 0) is 6.61 Å². The molecule has 0 aliphatic rings. The Morgan fingerprint density at radius 3 is 2.64 bits per heavy atom. The smallest absolute Gasteiger partial charge is 0.395 e. The number of aromatic nitrogens is 2. The van der Waals surface area contributed by atoms with Crippen LogP contribution in [-0.4, -0.2) is 27.1 Å². The molecule has 1 heterocycles. The Morgan fingerprint density at radius 2 is 1.88 bits per heavy atom. The van der Waals surface area contributed by atoms with Crippen molar-refractivity contribution in [1.29, 1.82) is 0 Å². The van der Waals surface area contributed by atoms with E-state index in [9.17, 15) is 20.0 Å². The summed E-state index contributed by atoms with van der Waals surface area (Å²) in [6.07, 6.45) is 3.02. The normalized spacial score (nSPS) is 11.1. The Labute approximate surface area is 187 Å². The van der Waals surface area contributed by atoms with Crippen LogP contribution in [0.4, 0.5) is 5.69 Å². The standard InChI is InChI=1S/C24H19N3O6/c1-32-20-13-15(10-12-21-25-23(28)22(27(30)31)24(29)26-21)9-11-19(20)33-14-17-7-4-6-16-5-2-3-8-18(16)17/h2-13H,14H2,1H3,(H2,25,26,28,29). The molecule has 0 amide bonds. The molecule has 0 bridgehead atoms. The third kappa shape index (κ3) is 4.67. The molecule has 9 heteroatoms. The number of nitrogens with zero attached hydrogens (tertiary/aromatic N) is 2. The molecule has 4 aromatic rings. The van der Waals surface area contributed by atoms with E-state index in [1.54, 1.807) is 24.3 Å². The van der Waals surface area contributed by atoms with Crippen LogP contribution in [0.15, 0.2) is 65.5 Å². The van der Waals surface area contributed by atoms with Gasteiger partial charge in [0.15, 0.2) is 11.5 Å². The van der Waals surface area contributed by atoms with E-state index in [0.717, 1.165) is 16.3 Å². The predicted molar refractivity (Wildman–Crippen MR) is 123 cm³/mol. The summed E-state index contributed by atoms with van der Waals surface area (Å²) < 4.78 is 11.4. The van der Waals surface area contributed by atoms with Crippen molar-refractivity contribution in [2.75, 3.05) is 7.11 Å². The summed E-state index contributed by atoms with van der Waals surface area (Å²) in [7, 11) is 1.53. The van der Waals surface area contributed by atoms with Gasteiger partial charge in [0.1, 0.15) is 12.4 Å².